The Kier molecular flexibility index (Phi) is 8.87. The Hall–Kier alpha value is -3.41. The van der Waals surface area contributed by atoms with Crippen LogP contribution in [0.2, 0.25) is 0 Å². The van der Waals surface area contributed by atoms with E-state index in [-0.39, 0.29) is 12.2 Å². The number of nitrogens with zero attached hydrogens (tertiary/aromatic N) is 2. The van der Waals surface area contributed by atoms with E-state index in [0.717, 1.165) is 42.8 Å². The average Bonchev–Trinajstić information content (AvgIpc) is 3.27. The van der Waals surface area contributed by atoms with Crippen LogP contribution >= 0.6 is 31.9 Å². The van der Waals surface area contributed by atoms with Crippen LogP contribution in [0.5, 0.6) is 5.75 Å². The standard InChI is InChI=1S/C32H26Br2F4N2O3/c1-42-25-10-6-9-24(17-25)39(30(41)31(43-2,32(36,37)38)20-7-4-3-5-8-20)18-23(35)19-40-28-13-11-21(33)15-26(28)27-16-22(34)12-14-29(27)40/h3-17,23H,18-19H2,1-2H3/t23?,31-/m1/s1. The quantitative estimate of drug-likeness (QED) is 0.143. The Balaban J connectivity index is 1.60. The molecular weight excluding hydrogens is 696 g/mol. The summed E-state index contributed by atoms with van der Waals surface area (Å²) >= 11 is 6.98. The smallest absolute Gasteiger partial charge is 0.430 e. The molecule has 11 heteroatoms. The number of rotatable bonds is 9. The van der Waals surface area contributed by atoms with Gasteiger partial charge in [0.25, 0.3) is 11.5 Å². The fraction of sp³-hybridized carbons (Fsp3) is 0.219. The van der Waals surface area contributed by atoms with Crippen LogP contribution in [0.15, 0.2) is 99.9 Å². The van der Waals surface area contributed by atoms with Gasteiger partial charge >= 0.3 is 6.18 Å². The monoisotopic (exact) mass is 720 g/mol. The molecule has 5 rings (SSSR count). The van der Waals surface area contributed by atoms with E-state index < -0.39 is 36.0 Å². The molecule has 1 heterocycles. The molecule has 5 nitrogen and oxygen atoms in total. The molecule has 0 aliphatic carbocycles. The first kappa shape index (κ1) is 31.0. The van der Waals surface area contributed by atoms with Gasteiger partial charge in [0.05, 0.1) is 20.2 Å². The van der Waals surface area contributed by atoms with Crippen molar-refractivity contribution >= 4 is 65.3 Å². The maximum atomic E-state index is 16.3. The van der Waals surface area contributed by atoms with Crippen molar-refractivity contribution in [1.82, 2.24) is 4.57 Å². The summed E-state index contributed by atoms with van der Waals surface area (Å²) in [4.78, 5) is 14.9. The van der Waals surface area contributed by atoms with Gasteiger partial charge in [0.2, 0.25) is 0 Å². The van der Waals surface area contributed by atoms with Gasteiger partial charge in [0.15, 0.2) is 0 Å². The van der Waals surface area contributed by atoms with Crippen LogP contribution in [0.25, 0.3) is 21.8 Å². The Morgan fingerprint density at radius 1 is 0.860 bits per heavy atom. The number of carbonyl (C=O) groups excluding carboxylic acids is 1. The largest absolute Gasteiger partial charge is 0.497 e. The van der Waals surface area contributed by atoms with Gasteiger partial charge in [-0.05, 0) is 48.5 Å². The highest BCUT2D eigenvalue weighted by Gasteiger charge is 2.64. The molecule has 0 aliphatic rings. The maximum Gasteiger partial charge on any atom is 0.430 e. The number of halogens is 6. The molecule has 5 aromatic rings. The first-order chi connectivity index (χ1) is 20.5. The number of ether oxygens (including phenoxy) is 2. The van der Waals surface area contributed by atoms with Crippen molar-refractivity contribution < 1.29 is 31.8 Å². The fourth-order valence-electron chi connectivity index (χ4n) is 5.38. The van der Waals surface area contributed by atoms with Crippen molar-refractivity contribution in [3.8, 4) is 5.75 Å². The number of carbonyl (C=O) groups is 1. The third-order valence-corrected chi connectivity index (χ3v) is 8.33. The second kappa shape index (κ2) is 12.3. The van der Waals surface area contributed by atoms with Crippen molar-refractivity contribution in [3.63, 3.8) is 0 Å². The number of amides is 1. The van der Waals surface area contributed by atoms with Crippen molar-refractivity contribution in [1.29, 1.82) is 0 Å². The normalized spacial score (nSPS) is 14.0. The van der Waals surface area contributed by atoms with Crippen LogP contribution in [0, 0.1) is 0 Å². The Morgan fingerprint density at radius 3 is 2.00 bits per heavy atom. The molecule has 1 aromatic heterocycles. The number of anilines is 1. The highest BCUT2D eigenvalue weighted by atomic mass is 79.9. The molecule has 0 aliphatic heterocycles. The van der Waals surface area contributed by atoms with Gasteiger partial charge in [-0.2, -0.15) is 13.2 Å². The lowest BCUT2D eigenvalue weighted by Crippen LogP contribution is -2.58. The predicted molar refractivity (Wildman–Crippen MR) is 166 cm³/mol. The topological polar surface area (TPSA) is 43.7 Å². The van der Waals surface area contributed by atoms with Crippen molar-refractivity contribution in [2.24, 2.45) is 0 Å². The van der Waals surface area contributed by atoms with Crippen LogP contribution in [0.3, 0.4) is 0 Å². The number of aromatic nitrogens is 1. The zero-order valence-corrected chi connectivity index (χ0v) is 26.2. The lowest BCUT2D eigenvalue weighted by Gasteiger charge is -2.38. The minimum Gasteiger partial charge on any atom is -0.497 e. The molecule has 1 amide bonds. The molecule has 2 atom stereocenters. The first-order valence-corrected chi connectivity index (χ1v) is 14.7. The zero-order valence-electron chi connectivity index (χ0n) is 23.0. The average molecular weight is 722 g/mol. The SMILES string of the molecule is COc1cccc(N(CC(F)Cn2c3ccc(Br)cc3c3cc(Br)ccc32)C(=O)[C@](OC)(c2ccccc2)C(F)(F)F)c1. The molecule has 0 fully saturated rings. The van der Waals surface area contributed by atoms with Crippen LogP contribution in [0.4, 0.5) is 23.2 Å². The van der Waals surface area contributed by atoms with E-state index >= 15 is 4.39 Å². The third kappa shape index (κ3) is 5.77. The van der Waals surface area contributed by atoms with Crippen LogP contribution in [-0.4, -0.2) is 43.6 Å². The number of hydrogen-bond acceptors (Lipinski definition) is 3. The van der Waals surface area contributed by atoms with E-state index in [2.05, 4.69) is 31.9 Å². The molecule has 0 spiro atoms. The highest BCUT2D eigenvalue weighted by Crippen LogP contribution is 2.44. The number of hydrogen-bond donors (Lipinski definition) is 0. The lowest BCUT2D eigenvalue weighted by molar-refractivity contribution is -0.264. The maximum absolute atomic E-state index is 16.3. The van der Waals surface area contributed by atoms with Crippen molar-refractivity contribution in [3.05, 3.63) is 106 Å². The van der Waals surface area contributed by atoms with Crippen LogP contribution < -0.4 is 9.64 Å². The molecule has 1 unspecified atom stereocenters. The minimum atomic E-state index is -5.17. The third-order valence-electron chi connectivity index (χ3n) is 7.35. The molecule has 0 saturated heterocycles. The van der Waals surface area contributed by atoms with E-state index in [9.17, 15) is 18.0 Å². The second-order valence-corrected chi connectivity index (χ2v) is 11.7. The van der Waals surface area contributed by atoms with Gasteiger partial charge in [0.1, 0.15) is 11.9 Å². The van der Waals surface area contributed by atoms with E-state index in [4.69, 9.17) is 9.47 Å². The Labute approximate surface area is 262 Å². The van der Waals surface area contributed by atoms with Crippen LogP contribution in [0.1, 0.15) is 5.56 Å². The van der Waals surface area contributed by atoms with Gasteiger partial charge in [-0.1, -0.05) is 68.3 Å². The second-order valence-electron chi connectivity index (χ2n) is 9.90. The molecule has 0 N–H and O–H groups in total. The van der Waals surface area contributed by atoms with E-state index in [1.165, 1.54) is 55.6 Å². The van der Waals surface area contributed by atoms with E-state index in [0.29, 0.717) is 5.75 Å². The summed E-state index contributed by atoms with van der Waals surface area (Å²) in [7, 11) is 2.21. The first-order valence-electron chi connectivity index (χ1n) is 13.1. The zero-order chi connectivity index (χ0) is 30.9. The Bertz CT molecular complexity index is 1720. The number of fused-ring (bicyclic) bond motifs is 3. The van der Waals surface area contributed by atoms with E-state index in [1.54, 1.807) is 10.6 Å². The molecule has 0 bridgehead atoms. The summed E-state index contributed by atoms with van der Waals surface area (Å²) < 4.78 is 74.7. The van der Waals surface area contributed by atoms with Crippen molar-refractivity contribution in [2.75, 3.05) is 25.7 Å². The van der Waals surface area contributed by atoms with Gasteiger partial charge in [-0.3, -0.25) is 4.79 Å². The minimum absolute atomic E-state index is 0.0312. The fourth-order valence-corrected chi connectivity index (χ4v) is 6.10. The summed E-state index contributed by atoms with van der Waals surface area (Å²) in [6.45, 7) is -0.914. The lowest BCUT2D eigenvalue weighted by atomic mass is 9.90. The van der Waals surface area contributed by atoms with Gasteiger partial charge in [-0.15, -0.1) is 0 Å². The summed E-state index contributed by atoms with van der Waals surface area (Å²) in [6, 6.07) is 23.8. The predicted octanol–water partition coefficient (Wildman–Crippen LogP) is 8.80. The summed E-state index contributed by atoms with van der Waals surface area (Å²) in [6.07, 6.45) is -6.95. The molecule has 43 heavy (non-hydrogen) atoms. The summed E-state index contributed by atoms with van der Waals surface area (Å²) in [5.41, 5.74) is -2.30. The molecule has 0 radical (unpaired) electrons. The molecule has 4 aromatic carbocycles. The number of methoxy groups -OCH3 is 2. The highest BCUT2D eigenvalue weighted by molar-refractivity contribution is 9.10. The molecular formula is C32H26Br2F4N2O3. The summed E-state index contributed by atoms with van der Waals surface area (Å²) in [5, 5.41) is 1.75. The van der Waals surface area contributed by atoms with Gasteiger partial charge in [0, 0.05) is 55.2 Å². The molecule has 224 valence electrons. The number of benzene rings is 4. The molecule has 0 saturated carbocycles. The van der Waals surface area contributed by atoms with E-state index in [1.807, 2.05) is 36.4 Å². The van der Waals surface area contributed by atoms with Crippen molar-refractivity contribution in [2.45, 2.75) is 24.5 Å². The summed E-state index contributed by atoms with van der Waals surface area (Å²) in [5.74, 6) is -1.18. The van der Waals surface area contributed by atoms with Crippen LogP contribution in [-0.2, 0) is 21.7 Å². The van der Waals surface area contributed by atoms with Gasteiger partial charge in [-0.25, -0.2) is 4.39 Å². The Morgan fingerprint density at radius 2 is 1.47 bits per heavy atom. The number of alkyl halides is 4. The van der Waals surface area contributed by atoms with Gasteiger partial charge < -0.3 is 18.9 Å².